The molecule has 2 rings (SSSR count). The number of rotatable bonds is 1. The molecule has 1 aromatic heterocycles. The lowest BCUT2D eigenvalue weighted by atomic mass is 10.2. The fraction of sp³-hybridized carbons (Fsp3) is 0. The number of nitrogens with zero attached hydrogens (tertiary/aromatic N) is 1. The van der Waals surface area contributed by atoms with Gasteiger partial charge in [-0.15, -0.1) is 11.3 Å². The van der Waals surface area contributed by atoms with E-state index in [0.717, 1.165) is 10.6 Å². The molecule has 0 saturated heterocycles. The molecule has 0 amide bonds. The van der Waals surface area contributed by atoms with E-state index in [1.54, 1.807) is 0 Å². The number of hydrogen-bond acceptors (Lipinski definition) is 2. The van der Waals surface area contributed by atoms with Crippen LogP contribution in [0.1, 0.15) is 0 Å². The first kappa shape index (κ1) is 9.00. The SMILES string of the molecule is Clc1nc(-c2ccccc2)sc1Cl. The molecule has 0 aliphatic carbocycles. The molecular formula is C9H5Cl2NS. The van der Waals surface area contributed by atoms with Crippen LogP contribution >= 0.6 is 34.5 Å². The first-order valence-electron chi connectivity index (χ1n) is 3.64. The van der Waals surface area contributed by atoms with Gasteiger partial charge in [0.15, 0.2) is 5.15 Å². The van der Waals surface area contributed by atoms with Crippen molar-refractivity contribution in [2.75, 3.05) is 0 Å². The third kappa shape index (κ3) is 1.85. The molecule has 13 heavy (non-hydrogen) atoms. The van der Waals surface area contributed by atoms with Crippen LogP contribution in [0.3, 0.4) is 0 Å². The van der Waals surface area contributed by atoms with Crippen LogP contribution in [0.15, 0.2) is 30.3 Å². The van der Waals surface area contributed by atoms with Crippen LogP contribution in [0.2, 0.25) is 9.49 Å². The van der Waals surface area contributed by atoms with E-state index in [1.807, 2.05) is 30.3 Å². The summed E-state index contributed by atoms with van der Waals surface area (Å²) in [6.07, 6.45) is 0. The van der Waals surface area contributed by atoms with E-state index in [-0.39, 0.29) is 0 Å². The Morgan fingerprint density at radius 2 is 1.77 bits per heavy atom. The molecule has 0 atom stereocenters. The normalized spacial score (nSPS) is 10.3. The standard InChI is InChI=1S/C9H5Cl2NS/c10-7-8(11)13-9(12-7)6-4-2-1-3-5-6/h1-5H. The Labute approximate surface area is 90.0 Å². The molecule has 0 spiro atoms. The van der Waals surface area contributed by atoms with Crippen LogP contribution in [-0.2, 0) is 0 Å². The highest BCUT2D eigenvalue weighted by molar-refractivity contribution is 7.19. The Hall–Kier alpha value is -0.570. The summed E-state index contributed by atoms with van der Waals surface area (Å²) in [5.74, 6) is 0. The van der Waals surface area contributed by atoms with Crippen molar-refractivity contribution in [1.82, 2.24) is 4.98 Å². The zero-order chi connectivity index (χ0) is 9.26. The van der Waals surface area contributed by atoms with Crippen molar-refractivity contribution >= 4 is 34.5 Å². The second kappa shape index (κ2) is 3.66. The lowest BCUT2D eigenvalue weighted by molar-refractivity contribution is 1.41. The largest absolute Gasteiger partial charge is 0.223 e. The van der Waals surface area contributed by atoms with Crippen molar-refractivity contribution < 1.29 is 0 Å². The van der Waals surface area contributed by atoms with E-state index < -0.39 is 0 Å². The second-order valence-electron chi connectivity index (χ2n) is 2.45. The smallest absolute Gasteiger partial charge is 0.159 e. The predicted molar refractivity (Wildman–Crippen MR) is 57.6 cm³/mol. The van der Waals surface area contributed by atoms with Gasteiger partial charge < -0.3 is 0 Å². The zero-order valence-corrected chi connectivity index (χ0v) is 8.83. The molecule has 0 saturated carbocycles. The van der Waals surface area contributed by atoms with Gasteiger partial charge in [0.1, 0.15) is 9.34 Å². The van der Waals surface area contributed by atoms with Gasteiger partial charge in [0.05, 0.1) is 0 Å². The summed E-state index contributed by atoms with van der Waals surface area (Å²) in [6.45, 7) is 0. The maximum atomic E-state index is 5.80. The Balaban J connectivity index is 2.48. The molecule has 0 radical (unpaired) electrons. The van der Waals surface area contributed by atoms with Crippen LogP contribution in [0.25, 0.3) is 10.6 Å². The molecule has 0 N–H and O–H groups in total. The Morgan fingerprint density at radius 1 is 1.08 bits per heavy atom. The van der Waals surface area contributed by atoms with Gasteiger partial charge in [-0.3, -0.25) is 0 Å². The van der Waals surface area contributed by atoms with Gasteiger partial charge in [-0.2, -0.15) is 0 Å². The minimum atomic E-state index is 0.380. The van der Waals surface area contributed by atoms with Gasteiger partial charge in [0, 0.05) is 5.56 Å². The number of benzene rings is 1. The number of hydrogen-bond donors (Lipinski definition) is 0. The van der Waals surface area contributed by atoms with Crippen LogP contribution < -0.4 is 0 Å². The highest BCUT2D eigenvalue weighted by Crippen LogP contribution is 2.33. The van der Waals surface area contributed by atoms with E-state index in [0.29, 0.717) is 9.49 Å². The first-order chi connectivity index (χ1) is 6.27. The van der Waals surface area contributed by atoms with E-state index in [1.165, 1.54) is 11.3 Å². The van der Waals surface area contributed by atoms with Gasteiger partial charge in [-0.05, 0) is 0 Å². The highest BCUT2D eigenvalue weighted by Gasteiger charge is 2.07. The lowest BCUT2D eigenvalue weighted by Crippen LogP contribution is -1.72. The van der Waals surface area contributed by atoms with Crippen LogP contribution in [0.5, 0.6) is 0 Å². The number of aromatic nitrogens is 1. The zero-order valence-electron chi connectivity index (χ0n) is 6.50. The third-order valence-electron chi connectivity index (χ3n) is 1.57. The summed E-state index contributed by atoms with van der Waals surface area (Å²) in [7, 11) is 0. The van der Waals surface area contributed by atoms with Crippen molar-refractivity contribution in [2.45, 2.75) is 0 Å². The van der Waals surface area contributed by atoms with Crippen molar-refractivity contribution in [3.63, 3.8) is 0 Å². The molecule has 0 unspecified atom stereocenters. The fourth-order valence-corrected chi connectivity index (χ4v) is 2.19. The summed E-state index contributed by atoms with van der Waals surface area (Å²) in [5, 5.41) is 1.24. The molecule has 0 fully saturated rings. The summed E-state index contributed by atoms with van der Waals surface area (Å²) in [5.41, 5.74) is 1.04. The van der Waals surface area contributed by atoms with E-state index >= 15 is 0 Å². The van der Waals surface area contributed by atoms with E-state index in [4.69, 9.17) is 23.2 Å². The number of thiazole rings is 1. The summed E-state index contributed by atoms with van der Waals surface area (Å²) in [4.78, 5) is 4.13. The highest BCUT2D eigenvalue weighted by atomic mass is 35.5. The molecule has 1 nitrogen and oxygen atoms in total. The Morgan fingerprint density at radius 3 is 2.31 bits per heavy atom. The van der Waals surface area contributed by atoms with Crippen molar-refractivity contribution in [3.05, 3.63) is 39.8 Å². The molecule has 1 aromatic carbocycles. The van der Waals surface area contributed by atoms with Crippen molar-refractivity contribution in [3.8, 4) is 10.6 Å². The molecule has 1 heterocycles. The minimum absolute atomic E-state index is 0.380. The molecular weight excluding hydrogens is 225 g/mol. The summed E-state index contributed by atoms with van der Waals surface area (Å²) in [6, 6.07) is 9.83. The van der Waals surface area contributed by atoms with Gasteiger partial charge >= 0.3 is 0 Å². The van der Waals surface area contributed by atoms with E-state index in [9.17, 15) is 0 Å². The molecule has 4 heteroatoms. The predicted octanol–water partition coefficient (Wildman–Crippen LogP) is 4.12. The Bertz CT molecular complexity index is 391. The van der Waals surface area contributed by atoms with Gasteiger partial charge in [0.25, 0.3) is 0 Å². The summed E-state index contributed by atoms with van der Waals surface area (Å²) >= 11 is 12.9. The summed E-state index contributed by atoms with van der Waals surface area (Å²) < 4.78 is 0.542. The average Bonchev–Trinajstić information content (AvgIpc) is 2.49. The molecule has 0 aliphatic rings. The van der Waals surface area contributed by atoms with Gasteiger partial charge in [-0.1, -0.05) is 53.5 Å². The number of halogens is 2. The van der Waals surface area contributed by atoms with Crippen LogP contribution in [0.4, 0.5) is 0 Å². The quantitative estimate of drug-likeness (QED) is 0.718. The van der Waals surface area contributed by atoms with Gasteiger partial charge in [0.2, 0.25) is 0 Å². The van der Waals surface area contributed by atoms with Gasteiger partial charge in [-0.25, -0.2) is 4.98 Å². The lowest BCUT2D eigenvalue weighted by Gasteiger charge is -1.92. The average molecular weight is 230 g/mol. The third-order valence-corrected chi connectivity index (χ3v) is 3.35. The van der Waals surface area contributed by atoms with E-state index in [2.05, 4.69) is 4.98 Å². The van der Waals surface area contributed by atoms with Crippen molar-refractivity contribution in [1.29, 1.82) is 0 Å². The maximum Gasteiger partial charge on any atom is 0.159 e. The first-order valence-corrected chi connectivity index (χ1v) is 5.22. The molecule has 66 valence electrons. The Kier molecular flexibility index (Phi) is 2.54. The monoisotopic (exact) mass is 229 g/mol. The minimum Gasteiger partial charge on any atom is -0.223 e. The second-order valence-corrected chi connectivity index (χ2v) is 4.41. The molecule has 0 aliphatic heterocycles. The molecule has 0 bridgehead atoms. The topological polar surface area (TPSA) is 12.9 Å². The fourth-order valence-electron chi connectivity index (χ4n) is 0.987. The molecule has 2 aromatic rings. The van der Waals surface area contributed by atoms with Crippen molar-refractivity contribution in [2.24, 2.45) is 0 Å². The van der Waals surface area contributed by atoms with Crippen LogP contribution in [-0.4, -0.2) is 4.98 Å². The maximum absolute atomic E-state index is 5.80. The van der Waals surface area contributed by atoms with Crippen LogP contribution in [0, 0.1) is 0 Å².